The highest BCUT2D eigenvalue weighted by molar-refractivity contribution is 5.81. The summed E-state index contributed by atoms with van der Waals surface area (Å²) >= 11 is 0. The quantitative estimate of drug-likeness (QED) is 0.681. The maximum atomic E-state index is 11.8. The van der Waals surface area contributed by atoms with E-state index in [1.54, 1.807) is 0 Å². The van der Waals surface area contributed by atoms with Crippen LogP contribution in [0.3, 0.4) is 0 Å². The Morgan fingerprint density at radius 2 is 2.00 bits per heavy atom. The van der Waals surface area contributed by atoms with Crippen molar-refractivity contribution in [2.24, 2.45) is 5.92 Å². The van der Waals surface area contributed by atoms with Gasteiger partial charge in [-0.3, -0.25) is 9.59 Å². The van der Waals surface area contributed by atoms with Crippen LogP contribution >= 0.6 is 0 Å². The van der Waals surface area contributed by atoms with E-state index < -0.39 is 0 Å². The lowest BCUT2D eigenvalue weighted by atomic mass is 10.0. The van der Waals surface area contributed by atoms with Crippen LogP contribution < -0.4 is 16.0 Å². The van der Waals surface area contributed by atoms with E-state index in [-0.39, 0.29) is 29.3 Å². The molecule has 0 aromatic carbocycles. The highest BCUT2D eigenvalue weighted by atomic mass is 16.2. The molecule has 1 rings (SSSR count). The van der Waals surface area contributed by atoms with Gasteiger partial charge in [-0.25, -0.2) is 0 Å². The summed E-state index contributed by atoms with van der Waals surface area (Å²) < 4.78 is 0. The van der Waals surface area contributed by atoms with E-state index >= 15 is 0 Å². The summed E-state index contributed by atoms with van der Waals surface area (Å²) in [5, 5.41) is 8.94. The van der Waals surface area contributed by atoms with Gasteiger partial charge in [0.1, 0.15) is 0 Å². The van der Waals surface area contributed by atoms with Crippen molar-refractivity contribution >= 4 is 11.8 Å². The minimum absolute atomic E-state index is 0.0274. The van der Waals surface area contributed by atoms with Crippen molar-refractivity contribution in [1.82, 2.24) is 16.0 Å². The average molecular weight is 255 g/mol. The Labute approximate surface area is 109 Å². The smallest absolute Gasteiger partial charge is 0.224 e. The first-order valence-corrected chi connectivity index (χ1v) is 6.62. The van der Waals surface area contributed by atoms with Crippen molar-refractivity contribution in [2.75, 3.05) is 13.1 Å². The van der Waals surface area contributed by atoms with Crippen molar-refractivity contribution in [3.8, 4) is 0 Å². The van der Waals surface area contributed by atoms with Crippen LogP contribution in [0.4, 0.5) is 0 Å². The van der Waals surface area contributed by atoms with E-state index in [0.717, 1.165) is 13.0 Å². The van der Waals surface area contributed by atoms with Crippen LogP contribution in [0.5, 0.6) is 0 Å². The molecule has 1 fully saturated rings. The lowest BCUT2D eigenvalue weighted by molar-refractivity contribution is -0.125. The van der Waals surface area contributed by atoms with Gasteiger partial charge >= 0.3 is 0 Å². The van der Waals surface area contributed by atoms with E-state index in [1.807, 2.05) is 27.7 Å². The van der Waals surface area contributed by atoms with Crippen LogP contribution in [0.25, 0.3) is 0 Å². The lowest BCUT2D eigenvalue weighted by Crippen LogP contribution is -2.43. The molecule has 0 bridgehead atoms. The molecule has 2 amide bonds. The molecule has 0 spiro atoms. The summed E-state index contributed by atoms with van der Waals surface area (Å²) in [7, 11) is 0. The number of amides is 2. The van der Waals surface area contributed by atoms with Gasteiger partial charge in [0.05, 0.1) is 5.92 Å². The van der Waals surface area contributed by atoms with Gasteiger partial charge in [-0.2, -0.15) is 0 Å². The van der Waals surface area contributed by atoms with Crippen LogP contribution in [0.15, 0.2) is 0 Å². The minimum Gasteiger partial charge on any atom is -0.355 e. The van der Waals surface area contributed by atoms with Crippen LogP contribution in [-0.4, -0.2) is 36.5 Å². The van der Waals surface area contributed by atoms with E-state index in [1.165, 1.54) is 0 Å². The Kier molecular flexibility index (Phi) is 5.14. The Hall–Kier alpha value is -1.10. The van der Waals surface area contributed by atoms with Crippen LogP contribution in [0.1, 0.15) is 40.5 Å². The molecule has 2 unspecified atom stereocenters. The molecule has 0 radical (unpaired) electrons. The second-order valence-electron chi connectivity index (χ2n) is 5.98. The fourth-order valence-electron chi connectivity index (χ4n) is 2.13. The zero-order chi connectivity index (χ0) is 13.8. The normalized spacial score (nSPS) is 23.8. The molecular formula is C13H25N3O2. The number of carbonyl (C=O) groups excluding carboxylic acids is 2. The monoisotopic (exact) mass is 255 g/mol. The first-order valence-electron chi connectivity index (χ1n) is 6.62. The Morgan fingerprint density at radius 1 is 1.33 bits per heavy atom. The van der Waals surface area contributed by atoms with Crippen molar-refractivity contribution in [2.45, 2.75) is 52.1 Å². The van der Waals surface area contributed by atoms with Gasteiger partial charge in [-0.15, -0.1) is 0 Å². The predicted molar refractivity (Wildman–Crippen MR) is 71.1 cm³/mol. The molecule has 0 aromatic heterocycles. The zero-order valence-corrected chi connectivity index (χ0v) is 11.8. The van der Waals surface area contributed by atoms with Gasteiger partial charge in [-0.05, 0) is 40.7 Å². The summed E-state index contributed by atoms with van der Waals surface area (Å²) in [6.07, 6.45) is 1.21. The number of hydrogen-bond donors (Lipinski definition) is 3. The SMILES string of the molecule is CC1NCCC1C(=O)NCCC(=O)NC(C)(C)C. The van der Waals surface area contributed by atoms with Crippen LogP contribution in [0, 0.1) is 5.92 Å². The second-order valence-corrected chi connectivity index (χ2v) is 5.98. The standard InChI is InChI=1S/C13H25N3O2/c1-9-10(5-7-14-9)12(18)15-8-6-11(17)16-13(2,3)4/h9-10,14H,5-8H2,1-4H3,(H,15,18)(H,16,17). The molecule has 1 aliphatic rings. The Balaban J connectivity index is 2.21. The van der Waals surface area contributed by atoms with E-state index in [4.69, 9.17) is 0 Å². The summed E-state index contributed by atoms with van der Waals surface area (Å²) in [6, 6.07) is 0.230. The first kappa shape index (κ1) is 15.0. The number of carbonyl (C=O) groups is 2. The van der Waals surface area contributed by atoms with Gasteiger partial charge in [0, 0.05) is 24.5 Å². The lowest BCUT2D eigenvalue weighted by Gasteiger charge is -2.20. The van der Waals surface area contributed by atoms with Gasteiger partial charge in [0.15, 0.2) is 0 Å². The highest BCUT2D eigenvalue weighted by Crippen LogP contribution is 2.14. The molecule has 0 saturated carbocycles. The molecular weight excluding hydrogens is 230 g/mol. The number of nitrogens with one attached hydrogen (secondary N) is 3. The Bertz CT molecular complexity index is 310. The van der Waals surface area contributed by atoms with Crippen LogP contribution in [-0.2, 0) is 9.59 Å². The molecule has 1 aliphatic heterocycles. The van der Waals surface area contributed by atoms with Gasteiger partial charge in [0.25, 0.3) is 0 Å². The predicted octanol–water partition coefficient (Wildman–Crippen LogP) is 0.405. The van der Waals surface area contributed by atoms with Crippen molar-refractivity contribution in [3.63, 3.8) is 0 Å². The second kappa shape index (κ2) is 6.18. The zero-order valence-electron chi connectivity index (χ0n) is 11.8. The summed E-state index contributed by atoms with van der Waals surface area (Å²) in [4.78, 5) is 23.4. The van der Waals surface area contributed by atoms with Gasteiger partial charge < -0.3 is 16.0 Å². The molecule has 5 heteroatoms. The molecule has 5 nitrogen and oxygen atoms in total. The third-order valence-corrected chi connectivity index (χ3v) is 3.03. The molecule has 18 heavy (non-hydrogen) atoms. The summed E-state index contributed by atoms with van der Waals surface area (Å²) in [6.45, 7) is 9.14. The van der Waals surface area contributed by atoms with E-state index in [2.05, 4.69) is 16.0 Å². The fraction of sp³-hybridized carbons (Fsp3) is 0.846. The number of rotatable bonds is 4. The molecule has 2 atom stereocenters. The average Bonchev–Trinajstić information content (AvgIpc) is 2.61. The molecule has 0 aliphatic carbocycles. The largest absolute Gasteiger partial charge is 0.355 e. The maximum absolute atomic E-state index is 11.8. The van der Waals surface area contributed by atoms with Gasteiger partial charge in [0.2, 0.25) is 11.8 Å². The molecule has 1 heterocycles. The van der Waals surface area contributed by atoms with Gasteiger partial charge in [-0.1, -0.05) is 0 Å². The first-order chi connectivity index (χ1) is 8.29. The minimum atomic E-state index is -0.217. The van der Waals surface area contributed by atoms with E-state index in [0.29, 0.717) is 13.0 Å². The molecule has 3 N–H and O–H groups in total. The molecule has 0 aromatic rings. The van der Waals surface area contributed by atoms with E-state index in [9.17, 15) is 9.59 Å². The van der Waals surface area contributed by atoms with Crippen molar-refractivity contribution in [3.05, 3.63) is 0 Å². The molecule has 1 saturated heterocycles. The third-order valence-electron chi connectivity index (χ3n) is 3.03. The highest BCUT2D eigenvalue weighted by Gasteiger charge is 2.29. The third kappa shape index (κ3) is 5.04. The maximum Gasteiger partial charge on any atom is 0.224 e. The van der Waals surface area contributed by atoms with Crippen LogP contribution in [0.2, 0.25) is 0 Å². The fourth-order valence-corrected chi connectivity index (χ4v) is 2.13. The molecule has 104 valence electrons. The Morgan fingerprint density at radius 3 is 2.50 bits per heavy atom. The topological polar surface area (TPSA) is 70.2 Å². The van der Waals surface area contributed by atoms with Crippen molar-refractivity contribution in [1.29, 1.82) is 0 Å². The number of hydrogen-bond acceptors (Lipinski definition) is 3. The summed E-state index contributed by atoms with van der Waals surface area (Å²) in [5.41, 5.74) is -0.217. The van der Waals surface area contributed by atoms with Crippen molar-refractivity contribution < 1.29 is 9.59 Å². The summed E-state index contributed by atoms with van der Waals surface area (Å²) in [5.74, 6) is 0.0622.